The predicted octanol–water partition coefficient (Wildman–Crippen LogP) is 2.79. The fraction of sp³-hybridized carbons (Fsp3) is 0.552. The summed E-state index contributed by atoms with van der Waals surface area (Å²) < 4.78 is 14.6. The van der Waals surface area contributed by atoms with Gasteiger partial charge >= 0.3 is 0 Å². The number of aliphatic hydroxyl groups is 1. The first-order valence-electron chi connectivity index (χ1n) is 14.1. The van der Waals surface area contributed by atoms with Crippen LogP contribution in [0.5, 0.6) is 5.75 Å². The zero-order valence-electron chi connectivity index (χ0n) is 22.1. The number of benzene rings is 1. The molecule has 1 amide bonds. The van der Waals surface area contributed by atoms with E-state index in [0.29, 0.717) is 37.9 Å². The Morgan fingerprint density at radius 3 is 2.77 bits per heavy atom. The number of primary amides is 1. The van der Waals surface area contributed by atoms with Crippen LogP contribution in [0.25, 0.3) is 22.2 Å². The summed E-state index contributed by atoms with van der Waals surface area (Å²) in [4.78, 5) is 22.7. The van der Waals surface area contributed by atoms with Crippen molar-refractivity contribution in [2.45, 2.75) is 80.8 Å². The minimum atomic E-state index is -0.868. The number of β-amino-alcohol motifs (C(OH)–C–C–N with tert-alkyl or cyclic N) is 1. The van der Waals surface area contributed by atoms with Crippen molar-refractivity contribution in [1.82, 2.24) is 19.4 Å². The molecule has 3 aliphatic heterocycles. The molecule has 2 bridgehead atoms. The van der Waals surface area contributed by atoms with Gasteiger partial charge in [0.25, 0.3) is 0 Å². The predicted molar refractivity (Wildman–Crippen MR) is 146 cm³/mol. The molecule has 10 nitrogen and oxygen atoms in total. The first-order valence-corrected chi connectivity index (χ1v) is 14.1. The Balaban J connectivity index is 1.12. The van der Waals surface area contributed by atoms with Crippen LogP contribution in [-0.2, 0) is 9.53 Å². The molecule has 1 saturated carbocycles. The van der Waals surface area contributed by atoms with Crippen LogP contribution in [0, 0.1) is 0 Å². The summed E-state index contributed by atoms with van der Waals surface area (Å²) in [6, 6.07) is 7.82. The Hall–Kier alpha value is -3.21. The number of anilines is 1. The SMILES string of the molecule is NC(=O)[C@H]1CCCN1CC1(O)CC(n2cc(-c3cccc(OCC45CCC(CC4)O5)c3)c3c(N)ncnc32)C1. The molecule has 0 spiro atoms. The summed E-state index contributed by atoms with van der Waals surface area (Å²) in [5.74, 6) is 0.908. The lowest BCUT2D eigenvalue weighted by molar-refractivity contribution is -0.126. The molecule has 1 aliphatic carbocycles. The highest BCUT2D eigenvalue weighted by atomic mass is 16.6. The van der Waals surface area contributed by atoms with Gasteiger partial charge in [-0.1, -0.05) is 12.1 Å². The summed E-state index contributed by atoms with van der Waals surface area (Å²) in [5, 5.41) is 12.1. The minimum Gasteiger partial charge on any atom is -0.491 e. The maximum Gasteiger partial charge on any atom is 0.234 e. The second-order valence-electron chi connectivity index (χ2n) is 12.0. The van der Waals surface area contributed by atoms with Crippen LogP contribution in [0.3, 0.4) is 0 Å². The highest BCUT2D eigenvalue weighted by Gasteiger charge is 2.48. The van der Waals surface area contributed by atoms with Gasteiger partial charge in [-0.25, -0.2) is 9.97 Å². The van der Waals surface area contributed by atoms with Gasteiger partial charge in [-0.2, -0.15) is 0 Å². The van der Waals surface area contributed by atoms with Gasteiger partial charge in [0.1, 0.15) is 35.7 Å². The number of hydrogen-bond acceptors (Lipinski definition) is 8. The monoisotopic (exact) mass is 532 g/mol. The largest absolute Gasteiger partial charge is 0.491 e. The zero-order chi connectivity index (χ0) is 26.8. The van der Waals surface area contributed by atoms with Crippen LogP contribution >= 0.6 is 0 Å². The molecule has 4 aliphatic rings. The Morgan fingerprint density at radius 1 is 1.21 bits per heavy atom. The third-order valence-corrected chi connectivity index (χ3v) is 9.36. The number of ether oxygens (including phenoxy) is 2. The average molecular weight is 533 g/mol. The van der Waals surface area contributed by atoms with Crippen LogP contribution in [0.2, 0.25) is 0 Å². The third-order valence-electron chi connectivity index (χ3n) is 9.36. The van der Waals surface area contributed by atoms with Gasteiger partial charge in [0.15, 0.2) is 0 Å². The van der Waals surface area contributed by atoms with Crippen LogP contribution in [0.1, 0.15) is 57.4 Å². The highest BCUT2D eigenvalue weighted by molar-refractivity contribution is 6.00. The van der Waals surface area contributed by atoms with Crippen molar-refractivity contribution in [3.05, 3.63) is 36.8 Å². The van der Waals surface area contributed by atoms with Gasteiger partial charge in [0, 0.05) is 24.3 Å². The Morgan fingerprint density at radius 2 is 2.03 bits per heavy atom. The van der Waals surface area contributed by atoms with E-state index in [2.05, 4.69) is 20.7 Å². The van der Waals surface area contributed by atoms with Crippen LogP contribution in [0.4, 0.5) is 5.82 Å². The third kappa shape index (κ3) is 4.34. The number of hydrogen-bond donors (Lipinski definition) is 3. The van der Waals surface area contributed by atoms with Crippen molar-refractivity contribution in [2.24, 2.45) is 5.73 Å². The van der Waals surface area contributed by atoms with Crippen molar-refractivity contribution in [2.75, 3.05) is 25.4 Å². The summed E-state index contributed by atoms with van der Waals surface area (Å²) in [5.41, 5.74) is 13.6. The van der Waals surface area contributed by atoms with Gasteiger partial charge in [-0.3, -0.25) is 9.69 Å². The number of nitrogens with zero attached hydrogens (tertiary/aromatic N) is 4. The standard InChI is InChI=1S/C29H36N6O4/c30-25-24-22(18-3-1-4-21(11-18)38-16-29-8-6-20(39-29)7-9-29)14-35(27(24)33-17-32-25)19-12-28(37,13-19)15-34-10-2-5-23(34)26(31)36/h1,3-4,11,14,17,19-20,23,37H,2,5-10,12-13,15-16H2,(H2,31,36)(H2,30,32,33)/t19?,20?,23-,28?,29?/m1/s1. The van der Waals surface area contributed by atoms with Crippen molar-refractivity contribution in [3.63, 3.8) is 0 Å². The van der Waals surface area contributed by atoms with Gasteiger partial charge < -0.3 is 30.6 Å². The lowest BCUT2D eigenvalue weighted by Crippen LogP contribution is -2.55. The number of fused-ring (bicyclic) bond motifs is 3. The molecule has 3 saturated heterocycles. The molecule has 5 heterocycles. The van der Waals surface area contributed by atoms with E-state index in [1.165, 1.54) is 6.33 Å². The van der Waals surface area contributed by atoms with Crippen LogP contribution in [-0.4, -0.2) is 73.5 Å². The number of likely N-dealkylation sites (tertiary alicyclic amines) is 1. The number of carbonyl (C=O) groups is 1. The molecule has 4 fully saturated rings. The number of aromatic nitrogens is 3. The maximum absolute atomic E-state index is 11.8. The first-order chi connectivity index (χ1) is 18.8. The molecule has 1 atom stereocenters. The minimum absolute atomic E-state index is 0.0588. The van der Waals surface area contributed by atoms with E-state index in [4.69, 9.17) is 20.9 Å². The lowest BCUT2D eigenvalue weighted by Gasteiger charge is -2.46. The van der Waals surface area contributed by atoms with E-state index in [-0.39, 0.29) is 23.6 Å². The smallest absolute Gasteiger partial charge is 0.234 e. The van der Waals surface area contributed by atoms with Gasteiger partial charge in [0.2, 0.25) is 5.91 Å². The molecule has 5 N–H and O–H groups in total. The van der Waals surface area contributed by atoms with E-state index in [1.807, 2.05) is 29.2 Å². The molecule has 3 aromatic rings. The van der Waals surface area contributed by atoms with Crippen molar-refractivity contribution >= 4 is 22.8 Å². The van der Waals surface area contributed by atoms with Crippen LogP contribution < -0.4 is 16.2 Å². The molecule has 0 radical (unpaired) electrons. The summed E-state index contributed by atoms with van der Waals surface area (Å²) in [6.07, 6.45) is 11.1. The molecule has 0 unspecified atom stereocenters. The van der Waals surface area contributed by atoms with Crippen molar-refractivity contribution in [3.8, 4) is 16.9 Å². The Bertz CT molecular complexity index is 1410. The number of nitrogen functional groups attached to an aromatic ring is 1. The normalized spacial score (nSPS) is 32.1. The summed E-state index contributed by atoms with van der Waals surface area (Å²) in [7, 11) is 0. The zero-order valence-corrected chi connectivity index (χ0v) is 22.1. The molecular weight excluding hydrogens is 496 g/mol. The second kappa shape index (κ2) is 9.18. The van der Waals surface area contributed by atoms with Gasteiger partial charge in [0.05, 0.1) is 23.1 Å². The Labute approximate surface area is 227 Å². The fourth-order valence-corrected chi connectivity index (χ4v) is 7.32. The molecule has 10 heteroatoms. The average Bonchev–Trinajstić information content (AvgIpc) is 3.70. The van der Waals surface area contributed by atoms with Gasteiger partial charge in [-0.15, -0.1) is 0 Å². The molecular formula is C29H36N6O4. The lowest BCUT2D eigenvalue weighted by atomic mass is 9.75. The summed E-state index contributed by atoms with van der Waals surface area (Å²) in [6.45, 7) is 1.80. The quantitative estimate of drug-likeness (QED) is 0.402. The van der Waals surface area contributed by atoms with Gasteiger partial charge in [-0.05, 0) is 75.6 Å². The van der Waals surface area contributed by atoms with E-state index < -0.39 is 5.60 Å². The van der Waals surface area contributed by atoms with Crippen LogP contribution in [0.15, 0.2) is 36.8 Å². The number of carbonyl (C=O) groups excluding carboxylic acids is 1. The second-order valence-corrected chi connectivity index (χ2v) is 12.0. The van der Waals surface area contributed by atoms with Crippen molar-refractivity contribution < 1.29 is 19.4 Å². The molecule has 2 aromatic heterocycles. The number of rotatable bonds is 8. The topological polar surface area (TPSA) is 142 Å². The van der Waals surface area contributed by atoms with E-state index in [9.17, 15) is 9.90 Å². The number of nitrogens with two attached hydrogens (primary N) is 2. The molecule has 7 rings (SSSR count). The fourth-order valence-electron chi connectivity index (χ4n) is 7.32. The first kappa shape index (κ1) is 24.8. The number of amides is 1. The molecule has 39 heavy (non-hydrogen) atoms. The van der Waals surface area contributed by atoms with Crippen molar-refractivity contribution in [1.29, 1.82) is 0 Å². The highest BCUT2D eigenvalue weighted by Crippen LogP contribution is 2.47. The summed E-state index contributed by atoms with van der Waals surface area (Å²) >= 11 is 0. The molecule has 1 aromatic carbocycles. The maximum atomic E-state index is 11.8. The van der Waals surface area contributed by atoms with E-state index in [0.717, 1.165) is 73.0 Å². The Kier molecular flexibility index (Phi) is 5.84. The van der Waals surface area contributed by atoms with E-state index >= 15 is 0 Å². The van der Waals surface area contributed by atoms with E-state index in [1.54, 1.807) is 0 Å². The molecule has 206 valence electrons.